The summed E-state index contributed by atoms with van der Waals surface area (Å²) in [5.74, 6) is -0.390. The molecule has 6 N–H and O–H groups in total. The van der Waals surface area contributed by atoms with Crippen LogP contribution in [0.5, 0.6) is 0 Å². The van der Waals surface area contributed by atoms with E-state index in [1.54, 1.807) is 79.9 Å². The lowest BCUT2D eigenvalue weighted by molar-refractivity contribution is -0.125. The molecule has 8 nitrogen and oxygen atoms in total. The molecule has 10 heteroatoms. The summed E-state index contributed by atoms with van der Waals surface area (Å²) < 4.78 is 23.8. The Balaban J connectivity index is 1.55. The number of carbonyl (C=O) groups is 1. The number of nitrogen functional groups attached to an aromatic ring is 1. The van der Waals surface area contributed by atoms with Crippen molar-refractivity contribution in [3.05, 3.63) is 84.6 Å². The molecule has 0 bridgehead atoms. The molecule has 0 spiro atoms. The number of halogens is 1. The maximum absolute atomic E-state index is 12.8. The molecule has 0 fully saturated rings. The highest BCUT2D eigenvalue weighted by Gasteiger charge is 2.38. The van der Waals surface area contributed by atoms with Gasteiger partial charge in [0.1, 0.15) is 10.7 Å². The maximum atomic E-state index is 12.8. The number of alkyl halides is 1. The molecule has 1 aromatic heterocycles. The largest absolute Gasteiger partial charge is 0.383 e. The summed E-state index contributed by atoms with van der Waals surface area (Å²) in [5.41, 5.74) is 7.89. The second-order valence-electron chi connectivity index (χ2n) is 8.22. The number of nitrogens with one attached hydrogen (secondary N) is 1. The monoisotopic (exact) mass is 510 g/mol. The van der Waals surface area contributed by atoms with Gasteiger partial charge in [-0.25, -0.2) is 18.5 Å². The van der Waals surface area contributed by atoms with E-state index in [0.29, 0.717) is 33.6 Å². The molecule has 2 atom stereocenters. The lowest BCUT2D eigenvalue weighted by Crippen LogP contribution is -2.41. The topological polar surface area (TPSA) is 148 Å². The third-order valence-corrected chi connectivity index (χ3v) is 7.17. The molecule has 0 aliphatic heterocycles. The quantitative estimate of drug-likeness (QED) is 0.291. The molecular formula is C25H23ClN4O4S. The minimum Gasteiger partial charge on any atom is -0.383 e. The molecule has 0 saturated carbocycles. The SMILES string of the molecule is CC(Cl)(c1ccc2ccnc(N)c2c1)C(O)C(=O)Nc1ccc(-c2ccccc2S(N)(=O)=O)cc1. The van der Waals surface area contributed by atoms with E-state index in [1.165, 1.54) is 6.07 Å². The Kier molecular flexibility index (Phi) is 6.52. The number of primary sulfonamides is 1. The summed E-state index contributed by atoms with van der Waals surface area (Å²) >= 11 is 6.65. The molecule has 35 heavy (non-hydrogen) atoms. The highest BCUT2D eigenvalue weighted by Crippen LogP contribution is 2.36. The predicted molar refractivity (Wildman–Crippen MR) is 137 cm³/mol. The summed E-state index contributed by atoms with van der Waals surface area (Å²) in [6, 6.07) is 19.9. The van der Waals surface area contributed by atoms with Crippen LogP contribution in [0.2, 0.25) is 0 Å². The Morgan fingerprint density at radius 3 is 2.46 bits per heavy atom. The Bertz CT molecular complexity index is 1520. The van der Waals surface area contributed by atoms with Crippen LogP contribution in [0.1, 0.15) is 12.5 Å². The van der Waals surface area contributed by atoms with E-state index in [4.69, 9.17) is 22.5 Å². The van der Waals surface area contributed by atoms with Crippen LogP contribution in [0.3, 0.4) is 0 Å². The van der Waals surface area contributed by atoms with E-state index >= 15 is 0 Å². The first-order valence-electron chi connectivity index (χ1n) is 10.5. The van der Waals surface area contributed by atoms with Crippen molar-refractivity contribution in [1.82, 2.24) is 4.98 Å². The van der Waals surface area contributed by atoms with Crippen LogP contribution in [0.4, 0.5) is 11.5 Å². The normalized spacial score (nSPS) is 14.3. The van der Waals surface area contributed by atoms with Gasteiger partial charge in [-0.2, -0.15) is 0 Å². The van der Waals surface area contributed by atoms with Gasteiger partial charge in [0.05, 0.1) is 4.90 Å². The number of anilines is 2. The fraction of sp³-hybridized carbons (Fsp3) is 0.120. The standard InChI is InChI=1S/C25H23ClN4O4S/c1-25(26,17-9-6-16-12-13-29-23(27)20(16)14-17)22(31)24(32)30-18-10-7-15(8-11-18)19-4-2-3-5-21(19)35(28,33)34/h2-14,22,31H,1H3,(H2,27,29)(H,30,32)(H2,28,33,34). The highest BCUT2D eigenvalue weighted by molar-refractivity contribution is 7.89. The third kappa shape index (κ3) is 4.98. The molecular weight excluding hydrogens is 488 g/mol. The van der Waals surface area contributed by atoms with Gasteiger partial charge < -0.3 is 16.2 Å². The zero-order valence-corrected chi connectivity index (χ0v) is 20.2. The highest BCUT2D eigenvalue weighted by atomic mass is 35.5. The van der Waals surface area contributed by atoms with Crippen molar-refractivity contribution >= 4 is 49.8 Å². The van der Waals surface area contributed by atoms with Crippen LogP contribution < -0.4 is 16.2 Å². The molecule has 1 heterocycles. The number of aliphatic hydroxyl groups is 1. The van der Waals surface area contributed by atoms with Crippen molar-refractivity contribution in [1.29, 1.82) is 0 Å². The van der Waals surface area contributed by atoms with Crippen molar-refractivity contribution in [2.45, 2.75) is 22.8 Å². The summed E-state index contributed by atoms with van der Waals surface area (Å²) in [5, 5.41) is 20.3. The van der Waals surface area contributed by atoms with Gasteiger partial charge in [-0.05, 0) is 53.8 Å². The number of aliphatic hydroxyl groups excluding tert-OH is 1. The van der Waals surface area contributed by atoms with E-state index in [2.05, 4.69) is 10.3 Å². The van der Waals surface area contributed by atoms with E-state index in [-0.39, 0.29) is 4.90 Å². The number of pyridine rings is 1. The van der Waals surface area contributed by atoms with Gasteiger partial charge in [-0.3, -0.25) is 4.79 Å². The second-order valence-corrected chi connectivity index (χ2v) is 10.5. The number of rotatable bonds is 6. The molecule has 2 unspecified atom stereocenters. The Labute approximate surface area is 207 Å². The van der Waals surface area contributed by atoms with Crippen molar-refractivity contribution in [2.75, 3.05) is 11.1 Å². The number of hydrogen-bond donors (Lipinski definition) is 4. The van der Waals surface area contributed by atoms with E-state index in [0.717, 1.165) is 5.39 Å². The van der Waals surface area contributed by atoms with Crippen LogP contribution in [-0.4, -0.2) is 30.5 Å². The minimum atomic E-state index is -3.91. The van der Waals surface area contributed by atoms with Gasteiger partial charge >= 0.3 is 0 Å². The van der Waals surface area contributed by atoms with Gasteiger partial charge in [-0.1, -0.05) is 42.5 Å². The number of amides is 1. The first-order valence-corrected chi connectivity index (χ1v) is 12.5. The van der Waals surface area contributed by atoms with E-state index < -0.39 is 26.9 Å². The second kappa shape index (κ2) is 9.27. The number of fused-ring (bicyclic) bond motifs is 1. The number of sulfonamides is 1. The van der Waals surface area contributed by atoms with Gasteiger partial charge in [0.25, 0.3) is 5.91 Å². The first kappa shape index (κ1) is 24.6. The summed E-state index contributed by atoms with van der Waals surface area (Å²) in [6.07, 6.45) is 0.000492. The first-order chi connectivity index (χ1) is 16.5. The zero-order valence-electron chi connectivity index (χ0n) is 18.6. The van der Waals surface area contributed by atoms with Gasteiger partial charge in [0.15, 0.2) is 6.10 Å². The number of nitrogens with zero attached hydrogens (tertiary/aromatic N) is 1. The fourth-order valence-corrected chi connectivity index (χ4v) is 4.77. The molecule has 4 aromatic rings. The van der Waals surface area contributed by atoms with Gasteiger partial charge in [0, 0.05) is 22.8 Å². The smallest absolute Gasteiger partial charge is 0.255 e. The van der Waals surface area contributed by atoms with Gasteiger partial charge in [-0.15, -0.1) is 11.6 Å². The Morgan fingerprint density at radius 2 is 1.77 bits per heavy atom. The summed E-state index contributed by atoms with van der Waals surface area (Å²) in [6.45, 7) is 1.54. The molecule has 0 radical (unpaired) electrons. The molecule has 1 amide bonds. The van der Waals surface area contributed by atoms with Crippen molar-refractivity contribution < 1.29 is 18.3 Å². The van der Waals surface area contributed by atoms with Crippen molar-refractivity contribution in [2.24, 2.45) is 5.14 Å². The van der Waals surface area contributed by atoms with Crippen LogP contribution >= 0.6 is 11.6 Å². The average molecular weight is 511 g/mol. The molecule has 0 saturated heterocycles. The number of aromatic nitrogens is 1. The van der Waals surface area contributed by atoms with E-state index in [9.17, 15) is 18.3 Å². The molecule has 0 aliphatic rings. The molecule has 4 rings (SSSR count). The van der Waals surface area contributed by atoms with Crippen molar-refractivity contribution in [3.63, 3.8) is 0 Å². The number of benzene rings is 3. The number of carbonyl (C=O) groups excluding carboxylic acids is 1. The van der Waals surface area contributed by atoms with Crippen LogP contribution in [-0.2, 0) is 19.7 Å². The third-order valence-electron chi connectivity index (χ3n) is 5.78. The number of hydrogen-bond acceptors (Lipinski definition) is 6. The minimum absolute atomic E-state index is 0.00339. The van der Waals surface area contributed by atoms with Crippen LogP contribution in [0.25, 0.3) is 21.9 Å². The molecule has 0 aliphatic carbocycles. The average Bonchev–Trinajstić information content (AvgIpc) is 2.83. The summed E-state index contributed by atoms with van der Waals surface area (Å²) in [4.78, 5) is 15.4. The molecule has 180 valence electrons. The Morgan fingerprint density at radius 1 is 1.09 bits per heavy atom. The summed E-state index contributed by atoms with van der Waals surface area (Å²) in [7, 11) is -3.91. The van der Waals surface area contributed by atoms with Crippen LogP contribution in [0, 0.1) is 0 Å². The predicted octanol–water partition coefficient (Wildman–Crippen LogP) is 3.58. The lowest BCUT2D eigenvalue weighted by atomic mass is 9.92. The molecule has 3 aromatic carbocycles. The lowest BCUT2D eigenvalue weighted by Gasteiger charge is -2.28. The Hall–Kier alpha value is -3.50. The van der Waals surface area contributed by atoms with Crippen molar-refractivity contribution in [3.8, 4) is 11.1 Å². The number of nitrogens with two attached hydrogens (primary N) is 2. The fourth-order valence-electron chi connectivity index (χ4n) is 3.80. The van der Waals surface area contributed by atoms with Gasteiger partial charge in [0.2, 0.25) is 10.0 Å². The maximum Gasteiger partial charge on any atom is 0.255 e. The van der Waals surface area contributed by atoms with Crippen LogP contribution in [0.15, 0.2) is 83.9 Å². The zero-order chi connectivity index (χ0) is 25.4. The van der Waals surface area contributed by atoms with E-state index in [1.807, 2.05) is 0 Å².